The number of nitrogens with zero attached hydrogens (tertiary/aromatic N) is 4. The van der Waals surface area contributed by atoms with E-state index in [0.717, 1.165) is 35.4 Å². The third-order valence-corrected chi connectivity index (χ3v) is 14.7. The summed E-state index contributed by atoms with van der Waals surface area (Å²) in [7, 11) is 0. The first-order valence-corrected chi connectivity index (χ1v) is 22.5. The van der Waals surface area contributed by atoms with Gasteiger partial charge in [-0.2, -0.15) is 0 Å². The summed E-state index contributed by atoms with van der Waals surface area (Å²) in [5.74, 6) is 0.863. The van der Waals surface area contributed by atoms with Gasteiger partial charge in [0.2, 0.25) is 0 Å². The van der Waals surface area contributed by atoms with E-state index in [1.807, 2.05) is 34.8 Å². The van der Waals surface area contributed by atoms with E-state index in [1.165, 1.54) is 117 Å². The predicted molar refractivity (Wildman–Crippen MR) is 229 cm³/mol. The summed E-state index contributed by atoms with van der Waals surface area (Å²) in [6.45, 7) is 24.1. The molecule has 52 heavy (non-hydrogen) atoms. The minimum Gasteiger partial charge on any atom is -0.227 e. The highest BCUT2D eigenvalue weighted by Gasteiger charge is 2.23. The van der Waals surface area contributed by atoms with Crippen LogP contribution in [0.2, 0.25) is 0 Å². The predicted octanol–water partition coefficient (Wildman–Crippen LogP) is 16.5. The SMILES string of the molecule is [C-]#[N+]/C(C#N)=C\c1sc(-c2cc3sc(-c4cc(C(CCCCC)CCCCC)c(/C=C(\C#N)[N+]#[C-])s4)cc3s2)cc1C(CCCCC)CCCCC. The van der Waals surface area contributed by atoms with Gasteiger partial charge in [0, 0.05) is 38.7 Å². The quantitative estimate of drug-likeness (QED) is 0.0454. The van der Waals surface area contributed by atoms with Crippen molar-refractivity contribution in [3.63, 3.8) is 0 Å². The third kappa shape index (κ3) is 11.3. The van der Waals surface area contributed by atoms with Crippen molar-refractivity contribution < 1.29 is 0 Å². The van der Waals surface area contributed by atoms with Gasteiger partial charge in [-0.1, -0.05) is 105 Å². The van der Waals surface area contributed by atoms with Crippen LogP contribution in [0.25, 0.3) is 50.8 Å². The Labute approximate surface area is 328 Å². The Balaban J connectivity index is 1.73. The molecule has 4 heterocycles. The van der Waals surface area contributed by atoms with Gasteiger partial charge in [0.25, 0.3) is 11.4 Å². The van der Waals surface area contributed by atoms with Gasteiger partial charge >= 0.3 is 0 Å². The Hall–Kier alpha value is -3.50. The summed E-state index contributed by atoms with van der Waals surface area (Å²) in [6.07, 6.45) is 22.7. The molecule has 272 valence electrons. The Bertz CT molecular complexity index is 1750. The van der Waals surface area contributed by atoms with E-state index in [1.54, 1.807) is 22.7 Å². The van der Waals surface area contributed by atoms with Crippen LogP contribution in [0, 0.1) is 35.8 Å². The highest BCUT2D eigenvalue weighted by atomic mass is 32.1. The summed E-state index contributed by atoms with van der Waals surface area (Å²) in [5, 5.41) is 19.3. The summed E-state index contributed by atoms with van der Waals surface area (Å²) in [5.41, 5.74) is 2.90. The van der Waals surface area contributed by atoms with E-state index >= 15 is 0 Å². The zero-order chi connectivity index (χ0) is 37.3. The molecule has 0 unspecified atom stereocenters. The highest BCUT2D eigenvalue weighted by Crippen LogP contribution is 2.48. The van der Waals surface area contributed by atoms with Crippen LogP contribution in [-0.4, -0.2) is 0 Å². The number of unbranched alkanes of at least 4 members (excludes halogenated alkanes) is 8. The van der Waals surface area contributed by atoms with Gasteiger partial charge in [0.05, 0.1) is 25.3 Å². The molecule has 4 aromatic rings. The molecule has 4 rings (SSSR count). The molecule has 8 heteroatoms. The number of hydrogen-bond donors (Lipinski definition) is 0. The lowest BCUT2D eigenvalue weighted by molar-refractivity contribution is 0.507. The van der Waals surface area contributed by atoms with Gasteiger partial charge in [-0.15, -0.1) is 45.3 Å². The average Bonchev–Trinajstić information content (AvgIpc) is 3.94. The van der Waals surface area contributed by atoms with Crippen molar-refractivity contribution in [1.29, 1.82) is 10.5 Å². The fourth-order valence-electron chi connectivity index (χ4n) is 6.92. The van der Waals surface area contributed by atoms with Crippen LogP contribution in [0.4, 0.5) is 0 Å². The van der Waals surface area contributed by atoms with Gasteiger partial charge in [-0.3, -0.25) is 0 Å². The molecule has 0 saturated heterocycles. The molecule has 0 bridgehead atoms. The van der Waals surface area contributed by atoms with Crippen molar-refractivity contribution in [2.24, 2.45) is 0 Å². The molecule has 0 N–H and O–H groups in total. The zero-order valence-electron chi connectivity index (χ0n) is 31.4. The number of rotatable bonds is 22. The summed E-state index contributed by atoms with van der Waals surface area (Å²) in [6, 6.07) is 13.6. The maximum Gasteiger partial charge on any atom is 0.263 e. The molecule has 0 amide bonds. The fraction of sp³-hybridized carbons (Fsp3) is 0.500. The maximum atomic E-state index is 9.64. The van der Waals surface area contributed by atoms with Crippen LogP contribution >= 0.6 is 45.3 Å². The molecule has 0 radical (unpaired) electrons. The van der Waals surface area contributed by atoms with Crippen molar-refractivity contribution in [1.82, 2.24) is 0 Å². The zero-order valence-corrected chi connectivity index (χ0v) is 34.6. The number of nitriles is 2. The van der Waals surface area contributed by atoms with E-state index in [0.29, 0.717) is 11.8 Å². The number of hydrogen-bond acceptors (Lipinski definition) is 6. The lowest BCUT2D eigenvalue weighted by Gasteiger charge is -2.17. The van der Waals surface area contributed by atoms with Crippen LogP contribution in [0.3, 0.4) is 0 Å². The topological polar surface area (TPSA) is 56.3 Å². The average molecular weight is 765 g/mol. The molecule has 0 atom stereocenters. The number of thiophene rings is 4. The first-order valence-electron chi connectivity index (χ1n) is 19.2. The Kier molecular flexibility index (Phi) is 17.4. The lowest BCUT2D eigenvalue weighted by atomic mass is 9.88. The molecule has 4 aromatic heterocycles. The summed E-state index contributed by atoms with van der Waals surface area (Å²) >= 11 is 7.08. The normalized spacial score (nSPS) is 12.0. The van der Waals surface area contributed by atoms with E-state index in [9.17, 15) is 10.5 Å². The van der Waals surface area contributed by atoms with Crippen LogP contribution in [0.15, 0.2) is 35.7 Å². The molecule has 4 nitrogen and oxygen atoms in total. The fourth-order valence-corrected chi connectivity index (χ4v) is 11.8. The largest absolute Gasteiger partial charge is 0.263 e. The maximum absolute atomic E-state index is 9.64. The van der Waals surface area contributed by atoms with Gasteiger partial charge in [0.15, 0.2) is 0 Å². The number of allylic oxidation sites excluding steroid dienone is 2. The molecule has 0 aromatic carbocycles. The van der Waals surface area contributed by atoms with Crippen molar-refractivity contribution in [2.75, 3.05) is 0 Å². The van der Waals surface area contributed by atoms with E-state index in [-0.39, 0.29) is 11.4 Å². The smallest absolute Gasteiger partial charge is 0.227 e. The van der Waals surface area contributed by atoms with E-state index < -0.39 is 0 Å². The summed E-state index contributed by atoms with van der Waals surface area (Å²) < 4.78 is 2.52. The second-order valence-corrected chi connectivity index (χ2v) is 18.0. The van der Waals surface area contributed by atoms with Gasteiger partial charge in [-0.05, 0) is 85.1 Å². The number of fused-ring (bicyclic) bond motifs is 1. The van der Waals surface area contributed by atoms with E-state index in [2.05, 4.69) is 73.8 Å². The van der Waals surface area contributed by atoms with E-state index in [4.69, 9.17) is 13.1 Å². The molecule has 0 aliphatic carbocycles. The third-order valence-electron chi connectivity index (χ3n) is 9.78. The van der Waals surface area contributed by atoms with Crippen molar-refractivity contribution in [3.05, 3.63) is 79.4 Å². The van der Waals surface area contributed by atoms with Crippen molar-refractivity contribution in [2.45, 2.75) is 142 Å². The lowest BCUT2D eigenvalue weighted by Crippen LogP contribution is -2.00. The Morgan fingerprint density at radius 3 is 1.17 bits per heavy atom. The van der Waals surface area contributed by atoms with Crippen LogP contribution in [0.5, 0.6) is 0 Å². The van der Waals surface area contributed by atoms with Crippen LogP contribution in [-0.2, 0) is 0 Å². The molecule has 0 aliphatic heterocycles. The Morgan fingerprint density at radius 1 is 0.558 bits per heavy atom. The second kappa shape index (κ2) is 21.9. The first kappa shape index (κ1) is 41.3. The minimum atomic E-state index is 0.146. The first-order chi connectivity index (χ1) is 25.4. The highest BCUT2D eigenvalue weighted by molar-refractivity contribution is 7.33. The van der Waals surface area contributed by atoms with Crippen molar-refractivity contribution >= 4 is 66.9 Å². The minimum absolute atomic E-state index is 0.146. The molecule has 0 fully saturated rings. The molecule has 0 aliphatic rings. The molecular weight excluding hydrogens is 713 g/mol. The second-order valence-electron chi connectivity index (χ2n) is 13.7. The standard InChI is InChI=1S/C44H52N4S4/c1-7-11-15-19-31(20-16-12-8-2)35-25-39(49-37(35)23-33(29-45)47-5)41-27-43-44(51-41)28-42(52-43)40-26-36(38(50-40)24-34(30-46)48-6)32(21-17-13-9-3)22-18-14-10-4/h23-28,31-32H,7-22H2,1-4H3/b33-23-,34-24+. The van der Waals surface area contributed by atoms with Gasteiger partial charge in [-0.25, -0.2) is 20.2 Å². The molecular formula is C44H52N4S4. The van der Waals surface area contributed by atoms with Crippen LogP contribution < -0.4 is 0 Å². The van der Waals surface area contributed by atoms with Gasteiger partial charge in [0.1, 0.15) is 0 Å². The Morgan fingerprint density at radius 2 is 0.885 bits per heavy atom. The molecule has 0 spiro atoms. The monoisotopic (exact) mass is 764 g/mol. The van der Waals surface area contributed by atoms with Crippen LogP contribution in [0.1, 0.15) is 163 Å². The van der Waals surface area contributed by atoms with Gasteiger partial charge < -0.3 is 0 Å². The molecule has 0 saturated carbocycles. The summed E-state index contributed by atoms with van der Waals surface area (Å²) in [4.78, 5) is 14.0. The van der Waals surface area contributed by atoms with Crippen molar-refractivity contribution in [3.8, 4) is 31.6 Å².